The van der Waals surface area contributed by atoms with Crippen LogP contribution in [0.1, 0.15) is 75.7 Å². The summed E-state index contributed by atoms with van der Waals surface area (Å²) in [4.78, 5) is 12.2. The molecule has 3 heteroatoms. The maximum Gasteiger partial charge on any atom is 0.311 e. The Balaban J connectivity index is 4.64. The zero-order chi connectivity index (χ0) is 17.7. The van der Waals surface area contributed by atoms with Gasteiger partial charge in [0.25, 0.3) is 0 Å². The maximum absolute atomic E-state index is 12.2. The first kappa shape index (κ1) is 21.7. The Labute approximate surface area is 140 Å². The Morgan fingerprint density at radius 3 is 1.64 bits per heavy atom. The molecule has 0 saturated heterocycles. The first-order chi connectivity index (χ1) is 9.90. The van der Waals surface area contributed by atoms with Crippen molar-refractivity contribution in [2.75, 3.05) is 6.61 Å². The molecule has 0 rings (SSSR count). The van der Waals surface area contributed by atoms with Gasteiger partial charge in [0.05, 0.1) is 20.1 Å². The minimum atomic E-state index is -1.36. The Morgan fingerprint density at radius 2 is 1.32 bits per heavy atom. The molecule has 0 atom stereocenters. The molecule has 0 aromatic heterocycles. The first-order valence-electron chi connectivity index (χ1n) is 9.07. The van der Waals surface area contributed by atoms with Crippen LogP contribution in [0.25, 0.3) is 0 Å². The molecular weight excluding hydrogens is 288 g/mol. The van der Waals surface area contributed by atoms with Crippen LogP contribution < -0.4 is 0 Å². The number of esters is 1. The van der Waals surface area contributed by atoms with Gasteiger partial charge in [0.1, 0.15) is 0 Å². The number of ether oxygens (including phenoxy) is 1. The molecule has 22 heavy (non-hydrogen) atoms. The quantitative estimate of drug-likeness (QED) is 0.283. The standard InChI is InChI=1S/C19H40O2Si/c1-14(2)19(9,10)18(20)21-12-11-13-22(15(3)4,16(5)6)17(7)8/h14-17H,11-13H2,1-10H3. The van der Waals surface area contributed by atoms with Gasteiger partial charge in [0.15, 0.2) is 0 Å². The maximum atomic E-state index is 12.2. The highest BCUT2D eigenvalue weighted by Gasteiger charge is 2.41. The predicted molar refractivity (Wildman–Crippen MR) is 100 cm³/mol. The molecule has 0 aliphatic heterocycles. The summed E-state index contributed by atoms with van der Waals surface area (Å²) in [5, 5.41) is 0. The molecule has 0 bridgehead atoms. The second-order valence-electron chi connectivity index (χ2n) is 8.69. The van der Waals surface area contributed by atoms with Crippen molar-refractivity contribution in [2.24, 2.45) is 11.3 Å². The van der Waals surface area contributed by atoms with Crippen LogP contribution in [0.5, 0.6) is 0 Å². The lowest BCUT2D eigenvalue weighted by molar-refractivity contribution is -0.156. The molecule has 0 radical (unpaired) electrons. The number of rotatable bonds is 9. The van der Waals surface area contributed by atoms with Gasteiger partial charge in [-0.05, 0) is 26.2 Å². The van der Waals surface area contributed by atoms with Crippen molar-refractivity contribution in [2.45, 2.75) is 98.3 Å². The average molecular weight is 329 g/mol. The summed E-state index contributed by atoms with van der Waals surface area (Å²) < 4.78 is 5.59. The Kier molecular flexibility index (Phi) is 8.39. The van der Waals surface area contributed by atoms with Crippen molar-refractivity contribution < 1.29 is 9.53 Å². The highest BCUT2D eigenvalue weighted by atomic mass is 28.3. The third-order valence-electron chi connectivity index (χ3n) is 6.18. The van der Waals surface area contributed by atoms with Crippen molar-refractivity contribution >= 4 is 14.0 Å². The number of hydrogen-bond acceptors (Lipinski definition) is 2. The normalized spacial score (nSPS) is 13.5. The lowest BCUT2D eigenvalue weighted by Crippen LogP contribution is -2.44. The molecule has 0 heterocycles. The van der Waals surface area contributed by atoms with Gasteiger partial charge in [-0.2, -0.15) is 0 Å². The Morgan fingerprint density at radius 1 is 0.909 bits per heavy atom. The predicted octanol–water partition coefficient (Wildman–Crippen LogP) is 6.28. The van der Waals surface area contributed by atoms with E-state index in [2.05, 4.69) is 55.4 Å². The molecule has 0 aromatic rings. The van der Waals surface area contributed by atoms with E-state index in [1.165, 1.54) is 6.04 Å². The van der Waals surface area contributed by atoms with Crippen LogP contribution in [0, 0.1) is 11.3 Å². The molecule has 0 aliphatic carbocycles. The summed E-state index contributed by atoms with van der Waals surface area (Å²) in [6.45, 7) is 23.0. The van der Waals surface area contributed by atoms with Crippen LogP contribution >= 0.6 is 0 Å². The summed E-state index contributed by atoms with van der Waals surface area (Å²) in [6.07, 6.45) is 1.01. The summed E-state index contributed by atoms with van der Waals surface area (Å²) in [6, 6.07) is 1.26. The van der Waals surface area contributed by atoms with Gasteiger partial charge in [-0.25, -0.2) is 0 Å². The molecule has 0 spiro atoms. The van der Waals surface area contributed by atoms with E-state index in [4.69, 9.17) is 4.74 Å². The molecule has 0 aliphatic rings. The van der Waals surface area contributed by atoms with Crippen molar-refractivity contribution in [1.29, 1.82) is 0 Å². The molecule has 2 nitrogen and oxygen atoms in total. The molecule has 0 N–H and O–H groups in total. The van der Waals surface area contributed by atoms with E-state index in [1.807, 2.05) is 13.8 Å². The largest absolute Gasteiger partial charge is 0.465 e. The van der Waals surface area contributed by atoms with Gasteiger partial charge >= 0.3 is 5.97 Å². The van der Waals surface area contributed by atoms with Crippen LogP contribution in [0.4, 0.5) is 0 Å². The van der Waals surface area contributed by atoms with Gasteiger partial charge in [0, 0.05) is 0 Å². The van der Waals surface area contributed by atoms with Crippen LogP contribution in [-0.2, 0) is 9.53 Å². The summed E-state index contributed by atoms with van der Waals surface area (Å²) in [5.74, 6) is 0.254. The van der Waals surface area contributed by atoms with Crippen molar-refractivity contribution in [3.8, 4) is 0 Å². The highest BCUT2D eigenvalue weighted by molar-refractivity contribution is 6.83. The van der Waals surface area contributed by atoms with Gasteiger partial charge in [-0.3, -0.25) is 4.79 Å². The smallest absolute Gasteiger partial charge is 0.311 e. The first-order valence-corrected chi connectivity index (χ1v) is 11.5. The average Bonchev–Trinajstić information content (AvgIpc) is 2.36. The molecule has 0 aromatic carbocycles. The Hall–Kier alpha value is -0.313. The topological polar surface area (TPSA) is 26.3 Å². The SMILES string of the molecule is CC(C)C(C)(C)C(=O)OCCC[Si](C(C)C)(C(C)C)C(C)C. The van der Waals surface area contributed by atoms with Crippen LogP contribution in [0.2, 0.25) is 22.7 Å². The van der Waals surface area contributed by atoms with Crippen LogP contribution in [0.3, 0.4) is 0 Å². The summed E-state index contributed by atoms with van der Waals surface area (Å²) in [7, 11) is -1.36. The molecule has 0 unspecified atom stereocenters. The third-order valence-corrected chi connectivity index (χ3v) is 13.9. The van der Waals surface area contributed by atoms with Crippen molar-refractivity contribution in [3.63, 3.8) is 0 Å². The van der Waals surface area contributed by atoms with E-state index in [9.17, 15) is 4.79 Å². The zero-order valence-corrected chi connectivity index (χ0v) is 17.7. The van der Waals surface area contributed by atoms with E-state index in [0.717, 1.165) is 23.0 Å². The van der Waals surface area contributed by atoms with Crippen molar-refractivity contribution in [1.82, 2.24) is 0 Å². The molecular formula is C19H40O2Si. The molecule has 0 amide bonds. The lowest BCUT2D eigenvalue weighted by Gasteiger charge is -2.43. The molecule has 0 fully saturated rings. The van der Waals surface area contributed by atoms with Crippen molar-refractivity contribution in [3.05, 3.63) is 0 Å². The molecule has 132 valence electrons. The van der Waals surface area contributed by atoms with E-state index in [1.54, 1.807) is 0 Å². The Bertz CT molecular complexity index is 322. The summed E-state index contributed by atoms with van der Waals surface area (Å²) >= 11 is 0. The lowest BCUT2D eigenvalue weighted by atomic mass is 9.81. The fraction of sp³-hybridized carbons (Fsp3) is 0.947. The van der Waals surface area contributed by atoms with Crippen LogP contribution in [0.15, 0.2) is 0 Å². The van der Waals surface area contributed by atoms with Gasteiger partial charge in [-0.1, -0.05) is 78.1 Å². The minimum absolute atomic E-state index is 0.0478. The van der Waals surface area contributed by atoms with E-state index >= 15 is 0 Å². The third kappa shape index (κ3) is 4.84. The minimum Gasteiger partial charge on any atom is -0.465 e. The van der Waals surface area contributed by atoms with Gasteiger partial charge in [-0.15, -0.1) is 0 Å². The van der Waals surface area contributed by atoms with E-state index in [-0.39, 0.29) is 11.4 Å². The van der Waals surface area contributed by atoms with E-state index in [0.29, 0.717) is 12.5 Å². The summed E-state index contributed by atoms with van der Waals surface area (Å²) in [5.41, 5.74) is 1.93. The highest BCUT2D eigenvalue weighted by Crippen LogP contribution is 2.45. The van der Waals surface area contributed by atoms with E-state index < -0.39 is 8.07 Å². The number of hydrogen-bond donors (Lipinski definition) is 0. The second kappa shape index (κ2) is 8.51. The van der Waals surface area contributed by atoms with Gasteiger partial charge < -0.3 is 4.74 Å². The second-order valence-corrected chi connectivity index (χ2v) is 14.9. The number of carbonyl (C=O) groups excluding carboxylic acids is 1. The monoisotopic (exact) mass is 328 g/mol. The fourth-order valence-electron chi connectivity index (χ4n) is 3.83. The zero-order valence-electron chi connectivity index (χ0n) is 16.7. The van der Waals surface area contributed by atoms with Crippen LogP contribution in [-0.4, -0.2) is 20.7 Å². The number of carbonyl (C=O) groups is 1. The fourth-order valence-corrected chi connectivity index (χ4v) is 10.3. The molecule has 0 saturated carbocycles. The van der Waals surface area contributed by atoms with Gasteiger partial charge in [0.2, 0.25) is 0 Å².